The van der Waals surface area contributed by atoms with Crippen LogP contribution in [0.1, 0.15) is 23.2 Å². The van der Waals surface area contributed by atoms with E-state index in [1.165, 1.54) is 12.5 Å². The molecule has 0 bridgehead atoms. The van der Waals surface area contributed by atoms with Gasteiger partial charge in [-0.05, 0) is 30.1 Å². The lowest BCUT2D eigenvalue weighted by molar-refractivity contribution is 0.0983. The van der Waals surface area contributed by atoms with Crippen LogP contribution in [0.3, 0.4) is 0 Å². The van der Waals surface area contributed by atoms with E-state index in [1.54, 1.807) is 18.2 Å². The van der Waals surface area contributed by atoms with Crippen LogP contribution in [0, 0.1) is 5.82 Å². The summed E-state index contributed by atoms with van der Waals surface area (Å²) in [7, 11) is 0. The highest BCUT2D eigenvalue weighted by atomic mass is 32.2. The van der Waals surface area contributed by atoms with E-state index in [9.17, 15) is 9.18 Å². The average Bonchev–Trinajstić information content (AvgIpc) is 2.31. The van der Waals surface area contributed by atoms with E-state index in [0.29, 0.717) is 11.0 Å². The molecule has 4 heteroatoms. The first kappa shape index (κ1) is 12.0. The normalized spacial score (nSPS) is 17.3. The van der Waals surface area contributed by atoms with Gasteiger partial charge in [0.1, 0.15) is 5.82 Å². The lowest BCUT2D eigenvalue weighted by Crippen LogP contribution is -2.13. The molecule has 1 heterocycles. The minimum absolute atomic E-state index is 0.0787. The quantitative estimate of drug-likeness (QED) is 0.769. The number of ketones is 1. The average molecular weight is 256 g/mol. The zero-order valence-electron chi connectivity index (χ0n) is 8.82. The molecule has 2 rings (SSSR count). The first-order chi connectivity index (χ1) is 7.77. The molecule has 86 valence electrons. The van der Waals surface area contributed by atoms with E-state index in [0.717, 1.165) is 11.5 Å². The van der Waals surface area contributed by atoms with E-state index in [-0.39, 0.29) is 11.3 Å². The molecule has 1 aliphatic rings. The number of benzene rings is 1. The van der Waals surface area contributed by atoms with Crippen molar-refractivity contribution in [3.63, 3.8) is 0 Å². The van der Waals surface area contributed by atoms with Crippen molar-refractivity contribution in [2.24, 2.45) is 0 Å². The second-order valence-corrected chi connectivity index (χ2v) is 6.55. The third kappa shape index (κ3) is 3.01. The van der Waals surface area contributed by atoms with Gasteiger partial charge in [-0.2, -0.15) is 0 Å². The number of rotatable bonds is 3. The molecule has 1 fully saturated rings. The molecule has 1 aromatic rings. The van der Waals surface area contributed by atoms with E-state index in [2.05, 4.69) is 0 Å². The van der Waals surface area contributed by atoms with Crippen LogP contribution >= 0.6 is 23.5 Å². The Morgan fingerprint density at radius 2 is 2.00 bits per heavy atom. The Hall–Kier alpha value is -0.480. The zero-order chi connectivity index (χ0) is 11.4. The van der Waals surface area contributed by atoms with Crippen LogP contribution < -0.4 is 0 Å². The molecule has 0 atom stereocenters. The highest BCUT2D eigenvalue weighted by Gasteiger charge is 2.20. The van der Waals surface area contributed by atoms with Crippen LogP contribution in [0.2, 0.25) is 0 Å². The molecule has 1 nitrogen and oxygen atoms in total. The number of hydrogen-bond donors (Lipinski definition) is 0. The molecule has 1 saturated heterocycles. The van der Waals surface area contributed by atoms with Gasteiger partial charge in [0.05, 0.1) is 10.1 Å². The fraction of sp³-hybridized carbons (Fsp3) is 0.417. The van der Waals surface area contributed by atoms with Crippen molar-refractivity contribution in [3.05, 3.63) is 35.6 Å². The van der Waals surface area contributed by atoms with Crippen molar-refractivity contribution in [2.75, 3.05) is 11.5 Å². The maximum absolute atomic E-state index is 13.4. The Labute approximate surface area is 103 Å². The third-order valence-corrected chi connectivity index (χ3v) is 5.36. The van der Waals surface area contributed by atoms with E-state index < -0.39 is 5.82 Å². The van der Waals surface area contributed by atoms with Crippen molar-refractivity contribution in [1.82, 2.24) is 0 Å². The minimum Gasteiger partial charge on any atom is -0.294 e. The Morgan fingerprint density at radius 1 is 1.31 bits per heavy atom. The van der Waals surface area contributed by atoms with E-state index in [4.69, 9.17) is 0 Å². The fourth-order valence-electron chi connectivity index (χ4n) is 1.60. The van der Waals surface area contributed by atoms with Crippen molar-refractivity contribution >= 4 is 29.3 Å². The van der Waals surface area contributed by atoms with Gasteiger partial charge in [0, 0.05) is 6.42 Å². The maximum Gasteiger partial charge on any atom is 0.167 e. The molecule has 1 aromatic carbocycles. The van der Waals surface area contributed by atoms with Crippen LogP contribution in [-0.4, -0.2) is 21.9 Å². The highest BCUT2D eigenvalue weighted by molar-refractivity contribution is 8.17. The Morgan fingerprint density at radius 3 is 2.69 bits per heavy atom. The van der Waals surface area contributed by atoms with Gasteiger partial charge >= 0.3 is 0 Å². The van der Waals surface area contributed by atoms with Gasteiger partial charge in [0.15, 0.2) is 5.78 Å². The summed E-state index contributed by atoms with van der Waals surface area (Å²) in [5, 5.41) is 0. The van der Waals surface area contributed by atoms with Crippen molar-refractivity contribution in [2.45, 2.75) is 17.4 Å². The third-order valence-electron chi connectivity index (χ3n) is 2.42. The first-order valence-electron chi connectivity index (χ1n) is 5.28. The van der Waals surface area contributed by atoms with Crippen LogP contribution in [0.25, 0.3) is 0 Å². The second-order valence-electron chi connectivity index (χ2n) is 3.63. The predicted octanol–water partition coefficient (Wildman–Crippen LogP) is 3.59. The smallest absolute Gasteiger partial charge is 0.167 e. The van der Waals surface area contributed by atoms with Gasteiger partial charge < -0.3 is 0 Å². The number of carbonyl (C=O) groups excluding carboxylic acids is 1. The van der Waals surface area contributed by atoms with Crippen molar-refractivity contribution < 1.29 is 9.18 Å². The molecule has 1 aliphatic heterocycles. The van der Waals surface area contributed by atoms with E-state index in [1.807, 2.05) is 23.5 Å². The molecule has 0 aromatic heterocycles. The number of Topliss-reactive ketones (excluding diaryl/α,β-unsaturated/α-hetero) is 1. The van der Waals surface area contributed by atoms with Crippen LogP contribution in [0.4, 0.5) is 4.39 Å². The SMILES string of the molecule is O=C(CC1SCCCS1)c1ccccc1F. The monoisotopic (exact) mass is 256 g/mol. The topological polar surface area (TPSA) is 17.1 Å². The van der Waals surface area contributed by atoms with Crippen LogP contribution in [0.5, 0.6) is 0 Å². The van der Waals surface area contributed by atoms with Gasteiger partial charge in [0.2, 0.25) is 0 Å². The Kier molecular flexibility index (Phi) is 4.29. The van der Waals surface area contributed by atoms with Gasteiger partial charge in [0.25, 0.3) is 0 Å². The first-order valence-corrected chi connectivity index (χ1v) is 7.38. The molecule has 16 heavy (non-hydrogen) atoms. The molecule has 0 unspecified atom stereocenters. The standard InChI is InChI=1S/C12H13FOS2/c13-10-5-2-1-4-9(10)11(14)8-12-15-6-3-7-16-12/h1-2,4-5,12H,3,6-8H2. The van der Waals surface area contributed by atoms with Gasteiger partial charge in [-0.1, -0.05) is 12.1 Å². The maximum atomic E-state index is 13.4. The zero-order valence-corrected chi connectivity index (χ0v) is 10.5. The summed E-state index contributed by atoms with van der Waals surface area (Å²) < 4.78 is 13.7. The minimum atomic E-state index is -0.404. The van der Waals surface area contributed by atoms with Crippen LogP contribution in [-0.2, 0) is 0 Å². The Bertz CT molecular complexity index is 375. The van der Waals surface area contributed by atoms with Crippen molar-refractivity contribution in [3.8, 4) is 0 Å². The van der Waals surface area contributed by atoms with Crippen molar-refractivity contribution in [1.29, 1.82) is 0 Å². The second kappa shape index (κ2) is 5.73. The summed E-state index contributed by atoms with van der Waals surface area (Å²) >= 11 is 3.62. The van der Waals surface area contributed by atoms with Gasteiger partial charge in [-0.3, -0.25) is 4.79 Å². The molecule has 0 N–H and O–H groups in total. The lowest BCUT2D eigenvalue weighted by atomic mass is 10.1. The molecule has 0 amide bonds. The molecular weight excluding hydrogens is 243 g/mol. The summed E-state index contributed by atoms with van der Waals surface area (Å²) in [5.74, 6) is 1.74. The summed E-state index contributed by atoms with van der Waals surface area (Å²) in [5.41, 5.74) is 0.231. The molecule has 0 spiro atoms. The predicted molar refractivity (Wildman–Crippen MR) is 68.7 cm³/mol. The Balaban J connectivity index is 2.00. The summed E-state index contributed by atoms with van der Waals surface area (Å²) in [6.45, 7) is 0. The van der Waals surface area contributed by atoms with Crippen LogP contribution in [0.15, 0.2) is 24.3 Å². The molecular formula is C12H13FOS2. The lowest BCUT2D eigenvalue weighted by Gasteiger charge is -2.20. The highest BCUT2D eigenvalue weighted by Crippen LogP contribution is 2.33. The molecule has 0 saturated carbocycles. The number of thioether (sulfide) groups is 2. The summed E-state index contributed by atoms with van der Waals surface area (Å²) in [4.78, 5) is 11.9. The molecule has 0 aliphatic carbocycles. The largest absolute Gasteiger partial charge is 0.294 e. The number of carbonyl (C=O) groups is 1. The number of hydrogen-bond acceptors (Lipinski definition) is 3. The number of halogens is 1. The fourth-order valence-corrected chi connectivity index (χ4v) is 4.43. The van der Waals surface area contributed by atoms with E-state index >= 15 is 0 Å². The summed E-state index contributed by atoms with van der Waals surface area (Å²) in [6.07, 6.45) is 1.65. The summed E-state index contributed by atoms with van der Waals surface area (Å²) in [6, 6.07) is 6.22. The molecule has 0 radical (unpaired) electrons. The van der Waals surface area contributed by atoms with Gasteiger partial charge in [-0.15, -0.1) is 23.5 Å². The van der Waals surface area contributed by atoms with Gasteiger partial charge in [-0.25, -0.2) is 4.39 Å².